The molecular formula is C21H24N4O3S3. The predicted octanol–water partition coefficient (Wildman–Crippen LogP) is 2.98. The molecule has 0 aliphatic heterocycles. The second-order valence-electron chi connectivity index (χ2n) is 7.54. The zero-order valence-electron chi connectivity index (χ0n) is 17.2. The van der Waals surface area contributed by atoms with Crippen LogP contribution in [0.2, 0.25) is 0 Å². The van der Waals surface area contributed by atoms with Crippen molar-refractivity contribution in [2.24, 2.45) is 5.14 Å². The van der Waals surface area contributed by atoms with E-state index in [1.54, 1.807) is 23.5 Å². The van der Waals surface area contributed by atoms with E-state index in [0.29, 0.717) is 18.7 Å². The van der Waals surface area contributed by atoms with E-state index < -0.39 is 10.0 Å². The number of sulfonamides is 1. The lowest BCUT2D eigenvalue weighted by atomic mass is 9.97. The van der Waals surface area contributed by atoms with E-state index in [1.165, 1.54) is 47.2 Å². The first-order valence-corrected chi connectivity index (χ1v) is 13.5. The molecule has 2 aromatic heterocycles. The number of amides is 1. The predicted molar refractivity (Wildman–Crippen MR) is 124 cm³/mol. The summed E-state index contributed by atoms with van der Waals surface area (Å²) < 4.78 is 22.6. The molecule has 31 heavy (non-hydrogen) atoms. The van der Waals surface area contributed by atoms with Crippen LogP contribution in [0.15, 0.2) is 34.2 Å². The molecule has 7 nitrogen and oxygen atoms in total. The molecule has 1 aliphatic carbocycles. The van der Waals surface area contributed by atoms with Crippen molar-refractivity contribution in [2.45, 2.75) is 48.9 Å². The van der Waals surface area contributed by atoms with Crippen molar-refractivity contribution in [3.63, 3.8) is 0 Å². The number of aromatic nitrogens is 2. The van der Waals surface area contributed by atoms with Crippen LogP contribution in [-0.2, 0) is 34.1 Å². The summed E-state index contributed by atoms with van der Waals surface area (Å²) in [6.07, 6.45) is 5.19. The van der Waals surface area contributed by atoms with Crippen LogP contribution in [0.4, 0.5) is 0 Å². The number of aryl methyl sites for hydroxylation is 3. The molecule has 2 heterocycles. The number of hydrogen-bond donors (Lipinski definition) is 2. The number of carbonyl (C=O) groups excluding carboxylic acids is 1. The number of thioether (sulfide) groups is 1. The first kappa shape index (κ1) is 22.2. The van der Waals surface area contributed by atoms with E-state index in [0.717, 1.165) is 39.5 Å². The first-order chi connectivity index (χ1) is 14.8. The Morgan fingerprint density at radius 2 is 1.94 bits per heavy atom. The molecule has 4 rings (SSSR count). The van der Waals surface area contributed by atoms with Crippen LogP contribution in [0, 0.1) is 6.92 Å². The van der Waals surface area contributed by atoms with Gasteiger partial charge in [0, 0.05) is 16.8 Å². The van der Waals surface area contributed by atoms with Crippen molar-refractivity contribution in [1.82, 2.24) is 15.3 Å². The summed E-state index contributed by atoms with van der Waals surface area (Å²) in [6, 6.07) is 6.38. The van der Waals surface area contributed by atoms with Gasteiger partial charge in [-0.3, -0.25) is 4.79 Å². The summed E-state index contributed by atoms with van der Waals surface area (Å²) in [5.74, 6) is 0.970. The molecule has 0 bridgehead atoms. The van der Waals surface area contributed by atoms with Crippen LogP contribution in [0.5, 0.6) is 0 Å². The second-order valence-corrected chi connectivity index (χ2v) is 11.2. The Morgan fingerprint density at radius 1 is 1.19 bits per heavy atom. The van der Waals surface area contributed by atoms with Gasteiger partial charge in [0.15, 0.2) is 0 Å². The molecule has 0 fully saturated rings. The van der Waals surface area contributed by atoms with Gasteiger partial charge in [0.2, 0.25) is 15.9 Å². The molecule has 1 aromatic carbocycles. The van der Waals surface area contributed by atoms with Crippen LogP contribution >= 0.6 is 23.1 Å². The molecule has 1 aliphatic rings. The van der Waals surface area contributed by atoms with E-state index in [4.69, 9.17) is 5.14 Å². The molecule has 0 atom stereocenters. The van der Waals surface area contributed by atoms with Gasteiger partial charge in [0.25, 0.3) is 0 Å². The van der Waals surface area contributed by atoms with E-state index in [-0.39, 0.29) is 10.8 Å². The van der Waals surface area contributed by atoms with Crippen LogP contribution in [0.25, 0.3) is 10.2 Å². The van der Waals surface area contributed by atoms with Gasteiger partial charge >= 0.3 is 0 Å². The van der Waals surface area contributed by atoms with Crippen molar-refractivity contribution in [1.29, 1.82) is 0 Å². The number of nitrogens with one attached hydrogen (secondary N) is 1. The molecule has 164 valence electrons. The van der Waals surface area contributed by atoms with Crippen LogP contribution in [-0.4, -0.2) is 36.6 Å². The summed E-state index contributed by atoms with van der Waals surface area (Å²) in [4.78, 5) is 24.2. The maximum atomic E-state index is 12.4. The molecule has 3 aromatic rings. The molecule has 0 spiro atoms. The minimum atomic E-state index is -3.69. The SMILES string of the molecule is Cc1nc(SCC(=O)NCCc2ccc(S(N)(=O)=O)cc2)c2c3c(sc2n1)CCCC3. The number of primary sulfonamides is 1. The molecule has 0 radical (unpaired) electrons. The van der Waals surface area contributed by atoms with Gasteiger partial charge < -0.3 is 5.32 Å². The Hall–Kier alpha value is -2.01. The molecule has 0 saturated carbocycles. The van der Waals surface area contributed by atoms with Crippen molar-refractivity contribution in [3.05, 3.63) is 46.1 Å². The second kappa shape index (κ2) is 9.23. The maximum Gasteiger partial charge on any atom is 0.238 e. The Balaban J connectivity index is 1.35. The fraction of sp³-hybridized carbons (Fsp3) is 0.381. The molecule has 0 saturated heterocycles. The van der Waals surface area contributed by atoms with E-state index in [1.807, 2.05) is 6.92 Å². The van der Waals surface area contributed by atoms with Crippen LogP contribution in [0.3, 0.4) is 0 Å². The van der Waals surface area contributed by atoms with E-state index in [9.17, 15) is 13.2 Å². The topological polar surface area (TPSA) is 115 Å². The zero-order chi connectivity index (χ0) is 22.0. The third-order valence-corrected chi connectivity index (χ3v) is 8.31. The minimum Gasteiger partial charge on any atom is -0.355 e. The number of hydrogen-bond acceptors (Lipinski definition) is 7. The number of carbonyl (C=O) groups is 1. The fourth-order valence-corrected chi connectivity index (χ4v) is 6.52. The zero-order valence-corrected chi connectivity index (χ0v) is 19.6. The third kappa shape index (κ3) is 5.25. The largest absolute Gasteiger partial charge is 0.355 e. The van der Waals surface area contributed by atoms with Gasteiger partial charge in [-0.2, -0.15) is 0 Å². The molecule has 0 unspecified atom stereocenters. The third-order valence-electron chi connectivity index (χ3n) is 5.22. The number of benzene rings is 1. The average Bonchev–Trinajstić information content (AvgIpc) is 3.10. The van der Waals surface area contributed by atoms with Crippen molar-refractivity contribution >= 4 is 49.2 Å². The smallest absolute Gasteiger partial charge is 0.238 e. The number of nitrogens with zero attached hydrogens (tertiary/aromatic N) is 2. The quantitative estimate of drug-likeness (QED) is 0.400. The lowest BCUT2D eigenvalue weighted by Crippen LogP contribution is -2.27. The van der Waals surface area contributed by atoms with Gasteiger partial charge in [-0.15, -0.1) is 11.3 Å². The van der Waals surface area contributed by atoms with Crippen molar-refractivity contribution in [3.8, 4) is 0 Å². The van der Waals surface area contributed by atoms with Gasteiger partial charge in [-0.05, 0) is 62.3 Å². The number of rotatable bonds is 7. The average molecular weight is 477 g/mol. The maximum absolute atomic E-state index is 12.4. The van der Waals surface area contributed by atoms with E-state index >= 15 is 0 Å². The monoisotopic (exact) mass is 476 g/mol. The standard InChI is InChI=1S/C21H24N4O3S3/c1-13-24-20(19-16-4-2-3-5-17(16)30-21(19)25-13)29-12-18(26)23-11-10-14-6-8-15(9-7-14)31(22,27)28/h6-9H,2-5,10-12H2,1H3,(H,23,26)(H2,22,27,28). The number of thiophene rings is 1. The summed E-state index contributed by atoms with van der Waals surface area (Å²) in [5.41, 5.74) is 2.30. The lowest BCUT2D eigenvalue weighted by Gasteiger charge is -2.12. The van der Waals surface area contributed by atoms with Crippen molar-refractivity contribution < 1.29 is 13.2 Å². The molecule has 3 N–H and O–H groups in total. The summed E-state index contributed by atoms with van der Waals surface area (Å²) in [6.45, 7) is 2.36. The summed E-state index contributed by atoms with van der Waals surface area (Å²) >= 11 is 3.23. The van der Waals surface area contributed by atoms with Crippen molar-refractivity contribution in [2.75, 3.05) is 12.3 Å². The van der Waals surface area contributed by atoms with Gasteiger partial charge in [-0.1, -0.05) is 23.9 Å². The van der Waals surface area contributed by atoms with Crippen LogP contribution < -0.4 is 10.5 Å². The van der Waals surface area contributed by atoms with Crippen LogP contribution in [0.1, 0.15) is 34.7 Å². The molecule has 10 heteroatoms. The first-order valence-electron chi connectivity index (χ1n) is 10.1. The number of fused-ring (bicyclic) bond motifs is 3. The Labute approximate surface area is 189 Å². The highest BCUT2D eigenvalue weighted by Crippen LogP contribution is 2.39. The van der Waals surface area contributed by atoms with Gasteiger partial charge in [0.1, 0.15) is 15.7 Å². The van der Waals surface area contributed by atoms with Gasteiger partial charge in [0.05, 0.1) is 10.6 Å². The Morgan fingerprint density at radius 3 is 2.68 bits per heavy atom. The van der Waals surface area contributed by atoms with E-state index in [2.05, 4.69) is 15.3 Å². The Bertz CT molecular complexity index is 1220. The highest BCUT2D eigenvalue weighted by atomic mass is 32.2. The minimum absolute atomic E-state index is 0.0559. The normalized spacial score (nSPS) is 13.9. The summed E-state index contributed by atoms with van der Waals surface area (Å²) in [5, 5.41) is 10.1. The number of nitrogens with two attached hydrogens (primary N) is 1. The Kier molecular flexibility index (Phi) is 6.61. The fourth-order valence-electron chi connectivity index (χ4n) is 3.71. The summed E-state index contributed by atoms with van der Waals surface area (Å²) in [7, 11) is -3.69. The lowest BCUT2D eigenvalue weighted by molar-refractivity contribution is -0.118. The molecule has 1 amide bonds. The molecular weight excluding hydrogens is 452 g/mol. The van der Waals surface area contributed by atoms with Gasteiger partial charge in [-0.25, -0.2) is 23.5 Å². The highest BCUT2D eigenvalue weighted by molar-refractivity contribution is 8.00. The highest BCUT2D eigenvalue weighted by Gasteiger charge is 2.21.